The normalized spacial score (nSPS) is 26.4. The molecule has 9 nitrogen and oxygen atoms in total. The average Bonchev–Trinajstić information content (AvgIpc) is 3.22. The van der Waals surface area contributed by atoms with Crippen LogP contribution in [-0.2, 0) is 9.53 Å². The minimum atomic E-state index is -1.61. The SMILES string of the molecule is CCCCCCCCCCCCCCCCCCCCCC(=O)C1(N)C=CN([C@@H]2O[C@H](CO)[C@@H](O)[C@@H]2O)C(=O)N1. The fourth-order valence-corrected chi connectivity index (χ4v) is 5.59. The summed E-state index contributed by atoms with van der Waals surface area (Å²) in [5.41, 5.74) is 4.55. The number of unbranched alkanes of at least 4 members (excludes halogenated alkanes) is 18. The number of aliphatic hydroxyl groups excluding tert-OH is 3. The van der Waals surface area contributed by atoms with E-state index in [1.54, 1.807) is 0 Å². The Morgan fingerprint density at radius 1 is 0.850 bits per heavy atom. The lowest BCUT2D eigenvalue weighted by molar-refractivity contribution is -0.124. The van der Waals surface area contributed by atoms with Crippen molar-refractivity contribution in [2.45, 2.75) is 166 Å². The number of ether oxygens (including phenoxy) is 1. The van der Waals surface area contributed by atoms with E-state index in [-0.39, 0.29) is 12.2 Å². The summed E-state index contributed by atoms with van der Waals surface area (Å²) >= 11 is 0. The molecule has 1 saturated heterocycles. The number of nitrogens with zero attached hydrogens (tertiary/aromatic N) is 1. The van der Waals surface area contributed by atoms with Gasteiger partial charge in [0.1, 0.15) is 18.3 Å². The molecule has 2 aliphatic rings. The topological polar surface area (TPSA) is 145 Å². The van der Waals surface area contributed by atoms with Crippen molar-refractivity contribution in [3.63, 3.8) is 0 Å². The Kier molecular flexibility index (Phi) is 17.0. The standard InChI is InChI=1S/C31H57N3O6/c1-2-3-4-5-6-7-8-9-10-11-12-13-14-15-16-17-18-19-20-21-26(36)31(32)22-23-34(30(39)33-31)29-28(38)27(37)25(24-35)40-29/h22-23,25,27-29,35,37-38H,2-21,24,32H2,1H3,(H,33,39)/t25-,27-,28+,29-,31?/m1/s1. The molecule has 0 bridgehead atoms. The molecule has 2 rings (SSSR count). The van der Waals surface area contributed by atoms with E-state index in [9.17, 15) is 24.9 Å². The first-order valence-corrected chi connectivity index (χ1v) is 16.1. The van der Waals surface area contributed by atoms with Crippen LogP contribution in [-0.4, -0.2) is 68.8 Å². The number of rotatable bonds is 23. The zero-order valence-electron chi connectivity index (χ0n) is 24.9. The van der Waals surface area contributed by atoms with Crippen LogP contribution >= 0.6 is 0 Å². The largest absolute Gasteiger partial charge is 0.394 e. The molecule has 0 spiro atoms. The summed E-state index contributed by atoms with van der Waals surface area (Å²) in [5, 5.41) is 31.8. The molecular weight excluding hydrogens is 510 g/mol. The highest BCUT2D eigenvalue weighted by molar-refractivity contribution is 5.95. The summed E-state index contributed by atoms with van der Waals surface area (Å²) < 4.78 is 5.38. The predicted molar refractivity (Wildman–Crippen MR) is 157 cm³/mol. The van der Waals surface area contributed by atoms with Crippen LogP contribution < -0.4 is 11.1 Å². The summed E-state index contributed by atoms with van der Waals surface area (Å²) in [6.07, 6.45) is 22.5. The number of carbonyl (C=O) groups is 2. The number of Topliss-reactive ketones (excluding diaryl/α,β-unsaturated/α-hetero) is 1. The van der Waals surface area contributed by atoms with Gasteiger partial charge < -0.3 is 25.4 Å². The first kappa shape index (κ1) is 34.7. The Bertz CT molecular complexity index is 751. The van der Waals surface area contributed by atoms with Crippen molar-refractivity contribution < 1.29 is 29.6 Å². The van der Waals surface area contributed by atoms with Crippen LogP contribution in [0.25, 0.3) is 0 Å². The quantitative estimate of drug-likeness (QED) is 0.109. The summed E-state index contributed by atoms with van der Waals surface area (Å²) in [7, 11) is 0. The zero-order chi connectivity index (χ0) is 29.2. The predicted octanol–water partition coefficient (Wildman–Crippen LogP) is 5.01. The lowest BCUT2D eigenvalue weighted by atomic mass is 9.98. The molecule has 2 heterocycles. The van der Waals surface area contributed by atoms with Gasteiger partial charge in [-0.2, -0.15) is 0 Å². The van der Waals surface area contributed by atoms with Crippen LogP contribution in [0.15, 0.2) is 12.3 Å². The first-order valence-electron chi connectivity index (χ1n) is 16.1. The van der Waals surface area contributed by atoms with Crippen LogP contribution in [0, 0.1) is 0 Å². The van der Waals surface area contributed by atoms with E-state index in [1.807, 2.05) is 0 Å². The van der Waals surface area contributed by atoms with Gasteiger partial charge in [-0.25, -0.2) is 4.79 Å². The van der Waals surface area contributed by atoms with Gasteiger partial charge in [-0.05, 0) is 12.5 Å². The maximum Gasteiger partial charge on any atom is 0.325 e. The Labute approximate surface area is 241 Å². The molecule has 40 heavy (non-hydrogen) atoms. The highest BCUT2D eigenvalue weighted by atomic mass is 16.6. The van der Waals surface area contributed by atoms with Gasteiger partial charge in [-0.3, -0.25) is 15.4 Å². The number of carbonyl (C=O) groups excluding carboxylic acids is 2. The average molecular weight is 568 g/mol. The molecule has 1 fully saturated rings. The summed E-state index contributed by atoms with van der Waals surface area (Å²) in [4.78, 5) is 26.4. The fourth-order valence-electron chi connectivity index (χ4n) is 5.59. The molecule has 2 aliphatic heterocycles. The van der Waals surface area contributed by atoms with Gasteiger partial charge >= 0.3 is 6.03 Å². The fraction of sp³-hybridized carbons (Fsp3) is 0.871. The van der Waals surface area contributed by atoms with Crippen molar-refractivity contribution >= 4 is 11.8 Å². The van der Waals surface area contributed by atoms with Crippen molar-refractivity contribution in [3.8, 4) is 0 Å². The number of urea groups is 1. The van der Waals surface area contributed by atoms with E-state index >= 15 is 0 Å². The second-order valence-electron chi connectivity index (χ2n) is 11.8. The maximum absolute atomic E-state index is 12.7. The van der Waals surface area contributed by atoms with Crippen molar-refractivity contribution in [1.29, 1.82) is 0 Å². The molecule has 0 aromatic heterocycles. The molecule has 0 aromatic rings. The van der Waals surface area contributed by atoms with Crippen LogP contribution in [0.2, 0.25) is 0 Å². The monoisotopic (exact) mass is 567 g/mol. The lowest BCUT2D eigenvalue weighted by Crippen LogP contribution is -2.66. The second kappa shape index (κ2) is 19.6. The number of hydrogen-bond donors (Lipinski definition) is 5. The number of ketones is 1. The number of amides is 2. The van der Waals surface area contributed by atoms with E-state index in [4.69, 9.17) is 10.5 Å². The molecule has 2 amide bonds. The smallest absolute Gasteiger partial charge is 0.325 e. The maximum atomic E-state index is 12.7. The summed E-state index contributed by atoms with van der Waals surface area (Å²) in [5.74, 6) is -0.273. The molecule has 0 aliphatic carbocycles. The van der Waals surface area contributed by atoms with Gasteiger partial charge in [0.05, 0.1) is 6.61 Å². The minimum Gasteiger partial charge on any atom is -0.394 e. The summed E-state index contributed by atoms with van der Waals surface area (Å²) in [6, 6.07) is -0.707. The Morgan fingerprint density at radius 2 is 1.30 bits per heavy atom. The number of aliphatic hydroxyl groups is 3. The number of nitrogens with one attached hydrogen (secondary N) is 1. The third-order valence-corrected chi connectivity index (χ3v) is 8.31. The zero-order valence-corrected chi connectivity index (χ0v) is 24.9. The molecule has 1 unspecified atom stereocenters. The van der Waals surface area contributed by atoms with E-state index in [0.29, 0.717) is 0 Å². The molecule has 5 atom stereocenters. The molecule has 0 saturated carbocycles. The Hall–Kier alpha value is -1.52. The van der Waals surface area contributed by atoms with Crippen LogP contribution in [0.4, 0.5) is 4.79 Å². The number of hydrogen-bond acceptors (Lipinski definition) is 7. The van der Waals surface area contributed by atoms with Crippen LogP contribution in [0.5, 0.6) is 0 Å². The third kappa shape index (κ3) is 11.8. The van der Waals surface area contributed by atoms with Gasteiger partial charge in [0.25, 0.3) is 0 Å². The van der Waals surface area contributed by atoms with Crippen molar-refractivity contribution in [3.05, 3.63) is 12.3 Å². The third-order valence-electron chi connectivity index (χ3n) is 8.31. The highest BCUT2D eigenvalue weighted by Crippen LogP contribution is 2.26. The Morgan fingerprint density at radius 3 is 1.70 bits per heavy atom. The van der Waals surface area contributed by atoms with Crippen molar-refractivity contribution in [1.82, 2.24) is 10.2 Å². The van der Waals surface area contributed by atoms with E-state index < -0.39 is 42.8 Å². The molecule has 232 valence electrons. The van der Waals surface area contributed by atoms with Crippen molar-refractivity contribution in [2.75, 3.05) is 6.61 Å². The van der Waals surface area contributed by atoms with Gasteiger partial charge in [0.15, 0.2) is 17.7 Å². The van der Waals surface area contributed by atoms with Gasteiger partial charge in [0, 0.05) is 12.6 Å². The van der Waals surface area contributed by atoms with Crippen LogP contribution in [0.1, 0.15) is 135 Å². The number of nitrogens with two attached hydrogens (primary N) is 1. The summed E-state index contributed by atoms with van der Waals surface area (Å²) in [6.45, 7) is 1.78. The Balaban J connectivity index is 1.46. The lowest BCUT2D eigenvalue weighted by Gasteiger charge is -2.36. The van der Waals surface area contributed by atoms with E-state index in [1.165, 1.54) is 115 Å². The van der Waals surface area contributed by atoms with Gasteiger partial charge in [0.2, 0.25) is 0 Å². The molecule has 0 aromatic carbocycles. The second-order valence-corrected chi connectivity index (χ2v) is 11.8. The van der Waals surface area contributed by atoms with E-state index in [2.05, 4.69) is 12.2 Å². The molecular formula is C31H57N3O6. The molecule has 6 N–H and O–H groups in total. The van der Waals surface area contributed by atoms with Crippen molar-refractivity contribution in [2.24, 2.45) is 5.73 Å². The van der Waals surface area contributed by atoms with Crippen LogP contribution in [0.3, 0.4) is 0 Å². The van der Waals surface area contributed by atoms with Gasteiger partial charge in [-0.15, -0.1) is 0 Å². The highest BCUT2D eigenvalue weighted by Gasteiger charge is 2.48. The minimum absolute atomic E-state index is 0.272. The van der Waals surface area contributed by atoms with Gasteiger partial charge in [-0.1, -0.05) is 122 Å². The van der Waals surface area contributed by atoms with E-state index in [0.717, 1.165) is 24.2 Å². The first-order chi connectivity index (χ1) is 19.3. The molecule has 0 radical (unpaired) electrons. The molecule has 9 heteroatoms.